The fourth-order valence-corrected chi connectivity index (χ4v) is 2.94. The summed E-state index contributed by atoms with van der Waals surface area (Å²) in [7, 11) is -4.08. The lowest BCUT2D eigenvalue weighted by molar-refractivity contribution is -0.117. The Morgan fingerprint density at radius 3 is 2.53 bits per heavy atom. The van der Waals surface area contributed by atoms with Crippen molar-refractivity contribution in [2.75, 3.05) is 0 Å². The lowest BCUT2D eigenvalue weighted by atomic mass is 9.95. The van der Waals surface area contributed by atoms with Gasteiger partial charge >= 0.3 is 0 Å². The monoisotopic (exact) mass is 233 g/mol. The molecule has 2 N–H and O–H groups in total. The number of hydrogen-bond acceptors (Lipinski definition) is 3. The van der Waals surface area contributed by atoms with E-state index in [9.17, 15) is 13.2 Å². The second-order valence-corrected chi connectivity index (χ2v) is 5.29. The first kappa shape index (κ1) is 12.2. The van der Waals surface area contributed by atoms with Gasteiger partial charge in [0.15, 0.2) is 0 Å². The molecule has 1 amide bonds. The number of carbonyl (C=O) groups excluding carboxylic acids is 1. The zero-order valence-electron chi connectivity index (χ0n) is 8.35. The molecule has 0 aliphatic heterocycles. The van der Waals surface area contributed by atoms with Gasteiger partial charge in [-0.2, -0.15) is 8.42 Å². The molecule has 86 valence electrons. The second kappa shape index (κ2) is 4.76. The number of nitrogens with one attached hydrogen (secondary N) is 1. The zero-order valence-corrected chi connectivity index (χ0v) is 9.16. The van der Waals surface area contributed by atoms with Crippen LogP contribution in [0.4, 0.5) is 0 Å². The van der Waals surface area contributed by atoms with E-state index < -0.39 is 27.3 Å². The van der Waals surface area contributed by atoms with Gasteiger partial charge in [-0.3, -0.25) is 9.35 Å². The van der Waals surface area contributed by atoms with E-state index in [4.69, 9.17) is 4.55 Å². The largest absolute Gasteiger partial charge is 0.348 e. The van der Waals surface area contributed by atoms with Crippen molar-refractivity contribution in [1.29, 1.82) is 0 Å². The van der Waals surface area contributed by atoms with Crippen molar-refractivity contribution >= 4 is 16.0 Å². The average molecular weight is 233 g/mol. The van der Waals surface area contributed by atoms with Crippen LogP contribution >= 0.6 is 0 Å². The molecule has 5 nitrogen and oxygen atoms in total. The molecule has 0 aromatic heterocycles. The molecule has 2 unspecified atom stereocenters. The first-order valence-electron chi connectivity index (χ1n) is 4.84. The van der Waals surface area contributed by atoms with Gasteiger partial charge in [0.2, 0.25) is 5.91 Å². The minimum Gasteiger partial charge on any atom is -0.348 e. The number of rotatable bonds is 3. The molecule has 2 atom stereocenters. The summed E-state index contributed by atoms with van der Waals surface area (Å²) in [4.78, 5) is 11.0. The highest BCUT2D eigenvalue weighted by molar-refractivity contribution is 7.86. The van der Waals surface area contributed by atoms with Crippen molar-refractivity contribution in [3.63, 3.8) is 0 Å². The maximum atomic E-state index is 11.0. The number of amides is 1. The SMILES string of the molecule is C=CC(=O)NC1CCCCC1S(=O)(=O)O. The van der Waals surface area contributed by atoms with Gasteiger partial charge < -0.3 is 5.32 Å². The Hall–Kier alpha value is -0.880. The zero-order chi connectivity index (χ0) is 11.5. The third-order valence-electron chi connectivity index (χ3n) is 2.60. The van der Waals surface area contributed by atoms with Gasteiger partial charge in [-0.05, 0) is 18.9 Å². The molecule has 0 aromatic rings. The summed E-state index contributed by atoms with van der Waals surface area (Å²) >= 11 is 0. The van der Waals surface area contributed by atoms with Crippen molar-refractivity contribution in [2.24, 2.45) is 0 Å². The van der Waals surface area contributed by atoms with Gasteiger partial charge in [0.05, 0.1) is 0 Å². The molecular formula is C9H15NO4S. The van der Waals surface area contributed by atoms with Crippen molar-refractivity contribution in [3.8, 4) is 0 Å². The van der Waals surface area contributed by atoms with Crippen LogP contribution in [0, 0.1) is 0 Å². The van der Waals surface area contributed by atoms with Gasteiger partial charge in [-0.25, -0.2) is 0 Å². The summed E-state index contributed by atoms with van der Waals surface area (Å²) in [6.07, 6.45) is 3.67. The minimum atomic E-state index is -4.08. The highest BCUT2D eigenvalue weighted by atomic mass is 32.2. The van der Waals surface area contributed by atoms with Gasteiger partial charge in [0.1, 0.15) is 5.25 Å². The van der Waals surface area contributed by atoms with Gasteiger partial charge in [-0.1, -0.05) is 19.4 Å². The summed E-state index contributed by atoms with van der Waals surface area (Å²) in [5.74, 6) is -0.407. The molecule has 0 spiro atoms. The quantitative estimate of drug-likeness (QED) is 0.549. The molecule has 0 aromatic carbocycles. The summed E-state index contributed by atoms with van der Waals surface area (Å²) in [5.41, 5.74) is 0. The van der Waals surface area contributed by atoms with Crippen LogP contribution in [0.1, 0.15) is 25.7 Å². The van der Waals surface area contributed by atoms with Gasteiger partial charge in [0, 0.05) is 6.04 Å². The predicted molar refractivity (Wildman–Crippen MR) is 55.9 cm³/mol. The summed E-state index contributed by atoms with van der Waals surface area (Å²) in [6.45, 7) is 3.29. The standard InChI is InChI=1S/C9H15NO4S/c1-2-9(11)10-7-5-3-4-6-8(7)15(12,13)14/h2,7-8H,1,3-6H2,(H,10,11)(H,12,13,14). The molecule has 15 heavy (non-hydrogen) atoms. The Morgan fingerprint density at radius 1 is 1.40 bits per heavy atom. The first-order valence-corrected chi connectivity index (χ1v) is 6.34. The van der Waals surface area contributed by atoms with Crippen LogP contribution in [0.25, 0.3) is 0 Å². The van der Waals surface area contributed by atoms with Crippen molar-refractivity contribution in [3.05, 3.63) is 12.7 Å². The van der Waals surface area contributed by atoms with Gasteiger partial charge in [0.25, 0.3) is 10.1 Å². The highest BCUT2D eigenvalue weighted by Crippen LogP contribution is 2.23. The van der Waals surface area contributed by atoms with Crippen LogP contribution in [0.2, 0.25) is 0 Å². The van der Waals surface area contributed by atoms with Crippen LogP contribution in [-0.4, -0.2) is 30.2 Å². The van der Waals surface area contributed by atoms with E-state index in [1.807, 2.05) is 0 Å². The summed E-state index contributed by atoms with van der Waals surface area (Å²) < 4.78 is 31.1. The van der Waals surface area contributed by atoms with Crippen molar-refractivity contribution in [1.82, 2.24) is 5.32 Å². The second-order valence-electron chi connectivity index (χ2n) is 3.66. The molecule has 1 aliphatic rings. The predicted octanol–water partition coefficient (Wildman–Crippen LogP) is 0.488. The number of hydrogen-bond donors (Lipinski definition) is 2. The summed E-state index contributed by atoms with van der Waals surface area (Å²) in [6, 6.07) is -0.501. The third-order valence-corrected chi connectivity index (χ3v) is 3.93. The molecule has 1 aliphatic carbocycles. The normalized spacial score (nSPS) is 27.0. The number of carbonyl (C=O) groups is 1. The Labute approximate surface area is 89.3 Å². The van der Waals surface area contributed by atoms with Crippen LogP contribution < -0.4 is 5.32 Å². The van der Waals surface area contributed by atoms with Crippen molar-refractivity contribution in [2.45, 2.75) is 37.0 Å². The molecule has 0 saturated heterocycles. The Kier molecular flexibility index (Phi) is 3.87. The molecule has 6 heteroatoms. The van der Waals surface area contributed by atoms with Crippen LogP contribution in [-0.2, 0) is 14.9 Å². The maximum Gasteiger partial charge on any atom is 0.269 e. The summed E-state index contributed by atoms with van der Waals surface area (Å²) in [5, 5.41) is 1.65. The molecule has 1 saturated carbocycles. The van der Waals surface area contributed by atoms with Crippen LogP contribution in [0.15, 0.2) is 12.7 Å². The fraction of sp³-hybridized carbons (Fsp3) is 0.667. The molecule has 0 radical (unpaired) electrons. The lowest BCUT2D eigenvalue weighted by Crippen LogP contribution is -2.47. The van der Waals surface area contributed by atoms with E-state index in [1.54, 1.807) is 0 Å². The smallest absolute Gasteiger partial charge is 0.269 e. The minimum absolute atomic E-state index is 0.390. The van der Waals surface area contributed by atoms with Gasteiger partial charge in [-0.15, -0.1) is 0 Å². The lowest BCUT2D eigenvalue weighted by Gasteiger charge is -2.29. The molecule has 0 bridgehead atoms. The Balaban J connectivity index is 2.74. The molecular weight excluding hydrogens is 218 g/mol. The molecule has 1 rings (SSSR count). The van der Waals surface area contributed by atoms with Crippen LogP contribution in [0.5, 0.6) is 0 Å². The topological polar surface area (TPSA) is 83.5 Å². The van der Waals surface area contributed by atoms with Crippen LogP contribution in [0.3, 0.4) is 0 Å². The van der Waals surface area contributed by atoms with E-state index in [0.29, 0.717) is 12.8 Å². The fourth-order valence-electron chi connectivity index (χ4n) is 1.86. The molecule has 0 heterocycles. The maximum absolute atomic E-state index is 11.0. The van der Waals surface area contributed by atoms with E-state index in [0.717, 1.165) is 18.9 Å². The highest BCUT2D eigenvalue weighted by Gasteiger charge is 2.34. The van der Waals surface area contributed by atoms with E-state index in [-0.39, 0.29) is 0 Å². The van der Waals surface area contributed by atoms with E-state index in [2.05, 4.69) is 11.9 Å². The van der Waals surface area contributed by atoms with Crippen molar-refractivity contribution < 1.29 is 17.8 Å². The first-order chi connectivity index (χ1) is 6.95. The molecule has 1 fully saturated rings. The Bertz CT molecular complexity index is 349. The van der Waals surface area contributed by atoms with E-state index >= 15 is 0 Å². The van der Waals surface area contributed by atoms with E-state index in [1.165, 1.54) is 0 Å². The third kappa shape index (κ3) is 3.32. The average Bonchev–Trinajstić information content (AvgIpc) is 2.17. The Morgan fingerprint density at radius 2 is 2.00 bits per heavy atom.